The van der Waals surface area contributed by atoms with Gasteiger partial charge in [0.2, 0.25) is 5.91 Å². The van der Waals surface area contributed by atoms with Crippen LogP contribution in [0.5, 0.6) is 0 Å². The standard InChI is InChI=1S/C11H18N2O2/c1-3-7-12-10(15)9(2)13-11(8-14)5-4-6-11/h1,9,13-14H,4-8H2,2H3,(H,12,15). The summed E-state index contributed by atoms with van der Waals surface area (Å²) in [6.07, 6.45) is 8.00. The van der Waals surface area contributed by atoms with E-state index in [1.807, 2.05) is 0 Å². The summed E-state index contributed by atoms with van der Waals surface area (Å²) in [7, 11) is 0. The van der Waals surface area contributed by atoms with Crippen LogP contribution in [-0.2, 0) is 4.79 Å². The van der Waals surface area contributed by atoms with Crippen molar-refractivity contribution in [3.05, 3.63) is 0 Å². The van der Waals surface area contributed by atoms with Gasteiger partial charge in [-0.15, -0.1) is 6.42 Å². The summed E-state index contributed by atoms with van der Waals surface area (Å²) in [5.41, 5.74) is -0.243. The first kappa shape index (κ1) is 12.0. The molecule has 1 aliphatic carbocycles. The SMILES string of the molecule is C#CCNC(=O)C(C)NC1(CO)CCC1. The maximum atomic E-state index is 11.5. The zero-order chi connectivity index (χ0) is 11.3. The van der Waals surface area contributed by atoms with Crippen LogP contribution in [0.15, 0.2) is 0 Å². The van der Waals surface area contributed by atoms with Gasteiger partial charge in [0.05, 0.1) is 19.2 Å². The van der Waals surface area contributed by atoms with Crippen molar-refractivity contribution in [3.8, 4) is 12.3 Å². The first-order valence-corrected chi connectivity index (χ1v) is 5.23. The second-order valence-electron chi connectivity index (χ2n) is 4.08. The highest BCUT2D eigenvalue weighted by Gasteiger charge is 2.38. The fourth-order valence-corrected chi connectivity index (χ4v) is 1.77. The van der Waals surface area contributed by atoms with Crippen LogP contribution in [0.25, 0.3) is 0 Å². The van der Waals surface area contributed by atoms with Crippen molar-refractivity contribution in [1.29, 1.82) is 0 Å². The molecule has 0 heterocycles. The molecule has 1 unspecified atom stereocenters. The first-order valence-electron chi connectivity index (χ1n) is 5.23. The number of terminal acetylenes is 1. The van der Waals surface area contributed by atoms with Gasteiger partial charge in [-0.1, -0.05) is 5.92 Å². The quantitative estimate of drug-likeness (QED) is 0.543. The second-order valence-corrected chi connectivity index (χ2v) is 4.08. The molecule has 1 aliphatic rings. The first-order chi connectivity index (χ1) is 7.13. The largest absolute Gasteiger partial charge is 0.394 e. The number of nitrogens with one attached hydrogen (secondary N) is 2. The number of hydrogen-bond donors (Lipinski definition) is 3. The van der Waals surface area contributed by atoms with Crippen molar-refractivity contribution in [2.45, 2.75) is 37.8 Å². The van der Waals surface area contributed by atoms with Crippen molar-refractivity contribution in [3.63, 3.8) is 0 Å². The summed E-state index contributed by atoms with van der Waals surface area (Å²) in [6.45, 7) is 2.11. The summed E-state index contributed by atoms with van der Waals surface area (Å²) in [5, 5.41) is 15.0. The molecule has 84 valence electrons. The fraction of sp³-hybridized carbons (Fsp3) is 0.727. The van der Waals surface area contributed by atoms with Crippen LogP contribution in [-0.4, -0.2) is 35.7 Å². The predicted octanol–water partition coefficient (Wildman–Crippen LogP) is -0.371. The maximum Gasteiger partial charge on any atom is 0.237 e. The minimum atomic E-state index is -0.314. The molecule has 0 spiro atoms. The van der Waals surface area contributed by atoms with Gasteiger partial charge in [0.25, 0.3) is 0 Å². The molecule has 0 aromatic heterocycles. The van der Waals surface area contributed by atoms with Crippen molar-refractivity contribution < 1.29 is 9.90 Å². The molecule has 4 heteroatoms. The lowest BCUT2D eigenvalue weighted by molar-refractivity contribution is -0.123. The van der Waals surface area contributed by atoms with E-state index in [2.05, 4.69) is 16.6 Å². The van der Waals surface area contributed by atoms with Gasteiger partial charge in [-0.25, -0.2) is 0 Å². The van der Waals surface area contributed by atoms with Gasteiger partial charge in [-0.2, -0.15) is 0 Å². The molecular weight excluding hydrogens is 192 g/mol. The van der Waals surface area contributed by atoms with Crippen molar-refractivity contribution in [2.24, 2.45) is 0 Å². The average Bonchev–Trinajstić information content (AvgIpc) is 2.19. The molecule has 15 heavy (non-hydrogen) atoms. The maximum absolute atomic E-state index is 11.5. The predicted molar refractivity (Wildman–Crippen MR) is 58.1 cm³/mol. The number of amides is 1. The normalized spacial score (nSPS) is 19.8. The number of hydrogen-bond acceptors (Lipinski definition) is 3. The third-order valence-electron chi connectivity index (χ3n) is 2.89. The summed E-state index contributed by atoms with van der Waals surface area (Å²) in [4.78, 5) is 11.5. The van der Waals surface area contributed by atoms with Crippen LogP contribution in [0.1, 0.15) is 26.2 Å². The van der Waals surface area contributed by atoms with E-state index in [4.69, 9.17) is 6.42 Å². The highest BCUT2D eigenvalue weighted by molar-refractivity contribution is 5.81. The van der Waals surface area contributed by atoms with E-state index in [0.717, 1.165) is 19.3 Å². The Balaban J connectivity index is 2.37. The molecule has 1 atom stereocenters. The molecule has 3 N–H and O–H groups in total. The second kappa shape index (κ2) is 5.15. The Morgan fingerprint density at radius 1 is 1.67 bits per heavy atom. The molecule has 0 aliphatic heterocycles. The molecule has 1 rings (SSSR count). The summed E-state index contributed by atoms with van der Waals surface area (Å²) >= 11 is 0. The zero-order valence-corrected chi connectivity index (χ0v) is 9.05. The Hall–Kier alpha value is -1.05. The summed E-state index contributed by atoms with van der Waals surface area (Å²) in [6, 6.07) is -0.314. The van der Waals surface area contributed by atoms with Gasteiger partial charge in [0.15, 0.2) is 0 Å². The molecule has 0 aromatic rings. The summed E-state index contributed by atoms with van der Waals surface area (Å²) < 4.78 is 0. The van der Waals surface area contributed by atoms with Gasteiger partial charge in [0, 0.05) is 5.54 Å². The molecule has 0 radical (unpaired) electrons. The van der Waals surface area contributed by atoms with Gasteiger partial charge >= 0.3 is 0 Å². The zero-order valence-electron chi connectivity index (χ0n) is 9.05. The molecule has 1 fully saturated rings. The Labute approximate surface area is 90.4 Å². The van der Waals surface area contributed by atoms with Crippen LogP contribution in [0.3, 0.4) is 0 Å². The van der Waals surface area contributed by atoms with Gasteiger partial charge < -0.3 is 10.4 Å². The van der Waals surface area contributed by atoms with Crippen molar-refractivity contribution >= 4 is 5.91 Å². The summed E-state index contributed by atoms with van der Waals surface area (Å²) in [5.74, 6) is 2.23. The highest BCUT2D eigenvalue weighted by atomic mass is 16.3. The van der Waals surface area contributed by atoms with Gasteiger partial charge in [0.1, 0.15) is 0 Å². The molecule has 1 saturated carbocycles. The van der Waals surface area contributed by atoms with Crippen LogP contribution < -0.4 is 10.6 Å². The van der Waals surface area contributed by atoms with Crippen LogP contribution >= 0.6 is 0 Å². The smallest absolute Gasteiger partial charge is 0.237 e. The Kier molecular flexibility index (Phi) is 4.13. The Morgan fingerprint density at radius 2 is 2.33 bits per heavy atom. The van der Waals surface area contributed by atoms with Crippen molar-refractivity contribution in [2.75, 3.05) is 13.2 Å². The van der Waals surface area contributed by atoms with Crippen LogP contribution in [0, 0.1) is 12.3 Å². The Morgan fingerprint density at radius 3 is 2.73 bits per heavy atom. The minimum Gasteiger partial charge on any atom is -0.394 e. The fourth-order valence-electron chi connectivity index (χ4n) is 1.77. The molecule has 0 saturated heterocycles. The third kappa shape index (κ3) is 2.95. The van der Waals surface area contributed by atoms with Gasteiger partial charge in [-0.05, 0) is 26.2 Å². The monoisotopic (exact) mass is 210 g/mol. The third-order valence-corrected chi connectivity index (χ3v) is 2.89. The van der Waals surface area contributed by atoms with E-state index in [1.54, 1.807) is 6.92 Å². The lowest BCUT2D eigenvalue weighted by Crippen LogP contribution is -2.60. The molecule has 0 bridgehead atoms. The molecule has 4 nitrogen and oxygen atoms in total. The van der Waals surface area contributed by atoms with E-state index in [9.17, 15) is 9.90 Å². The van der Waals surface area contributed by atoms with E-state index in [1.165, 1.54) is 0 Å². The van der Waals surface area contributed by atoms with Crippen molar-refractivity contribution in [1.82, 2.24) is 10.6 Å². The molecule has 1 amide bonds. The van der Waals surface area contributed by atoms with E-state index in [0.29, 0.717) is 0 Å². The molecule has 0 aromatic carbocycles. The lowest BCUT2D eigenvalue weighted by atomic mass is 9.77. The van der Waals surface area contributed by atoms with E-state index < -0.39 is 0 Å². The minimum absolute atomic E-state index is 0.0831. The van der Waals surface area contributed by atoms with Gasteiger partial charge in [-0.3, -0.25) is 10.1 Å². The van der Waals surface area contributed by atoms with E-state index >= 15 is 0 Å². The number of aliphatic hydroxyl groups is 1. The average molecular weight is 210 g/mol. The lowest BCUT2D eigenvalue weighted by Gasteiger charge is -2.42. The topological polar surface area (TPSA) is 61.4 Å². The Bertz CT molecular complexity index is 261. The number of carbonyl (C=O) groups is 1. The molecular formula is C11H18N2O2. The highest BCUT2D eigenvalue weighted by Crippen LogP contribution is 2.31. The number of rotatable bonds is 5. The van der Waals surface area contributed by atoms with E-state index in [-0.39, 0.29) is 30.6 Å². The number of carbonyl (C=O) groups excluding carboxylic acids is 1. The number of aliphatic hydroxyl groups excluding tert-OH is 1. The van der Waals surface area contributed by atoms with Crippen LogP contribution in [0.4, 0.5) is 0 Å². The van der Waals surface area contributed by atoms with Crippen LogP contribution in [0.2, 0.25) is 0 Å².